The fourth-order valence-corrected chi connectivity index (χ4v) is 5.26. The van der Waals surface area contributed by atoms with Crippen molar-refractivity contribution in [3.05, 3.63) is 95.1 Å². The first-order valence-electron chi connectivity index (χ1n) is 11.3. The number of rotatable bonds is 11. The summed E-state index contributed by atoms with van der Waals surface area (Å²) < 4.78 is 28.7. The molecule has 0 aliphatic carbocycles. The van der Waals surface area contributed by atoms with E-state index in [1.807, 2.05) is 31.2 Å². The van der Waals surface area contributed by atoms with Crippen LogP contribution in [-0.4, -0.2) is 31.8 Å². The number of anilines is 1. The van der Waals surface area contributed by atoms with Crippen LogP contribution in [0.5, 0.6) is 0 Å². The van der Waals surface area contributed by atoms with Gasteiger partial charge >= 0.3 is 5.97 Å². The van der Waals surface area contributed by atoms with Gasteiger partial charge in [-0.1, -0.05) is 55.8 Å². The predicted octanol–water partition coefficient (Wildman–Crippen LogP) is 5.37. The van der Waals surface area contributed by atoms with Gasteiger partial charge in [-0.2, -0.15) is 0 Å². The van der Waals surface area contributed by atoms with Crippen LogP contribution in [0, 0.1) is 0 Å². The number of para-hydroxylation sites is 1. The summed E-state index contributed by atoms with van der Waals surface area (Å²) in [5.41, 5.74) is 3.20. The number of sulfonamides is 1. The van der Waals surface area contributed by atoms with E-state index in [2.05, 4.69) is 0 Å². The Bertz CT molecular complexity index is 1250. The Morgan fingerprint density at radius 2 is 1.47 bits per heavy atom. The Kier molecular flexibility index (Phi) is 8.23. The quantitative estimate of drug-likeness (QED) is 0.374. The minimum Gasteiger partial charge on any atom is -0.478 e. The third-order valence-electron chi connectivity index (χ3n) is 5.71. The average Bonchev–Trinajstić information content (AvgIpc) is 2.83. The van der Waals surface area contributed by atoms with Crippen LogP contribution in [0.1, 0.15) is 58.5 Å². The van der Waals surface area contributed by atoms with Gasteiger partial charge in [0.15, 0.2) is 5.78 Å². The number of unbranched alkanes of at least 4 members (excludes halogenated alkanes) is 1. The number of aromatic carboxylic acids is 1. The smallest absolute Gasteiger partial charge is 0.335 e. The SMILES string of the molecule is CCCCN(c1ccccc1CCc1ccc(C(=O)O)cc1)S(=O)(=O)c1ccc(C(C)=O)cc1. The highest BCUT2D eigenvalue weighted by atomic mass is 32.2. The third kappa shape index (κ3) is 5.91. The van der Waals surface area contributed by atoms with Gasteiger partial charge in [0, 0.05) is 12.1 Å². The van der Waals surface area contributed by atoms with E-state index in [9.17, 15) is 18.0 Å². The van der Waals surface area contributed by atoms with Gasteiger partial charge in [0.25, 0.3) is 10.0 Å². The Labute approximate surface area is 200 Å². The Morgan fingerprint density at radius 3 is 2.06 bits per heavy atom. The Hall–Kier alpha value is -3.45. The van der Waals surface area contributed by atoms with Crippen LogP contribution < -0.4 is 4.31 Å². The van der Waals surface area contributed by atoms with Crippen molar-refractivity contribution in [3.8, 4) is 0 Å². The molecule has 0 spiro atoms. The van der Waals surface area contributed by atoms with Crippen molar-refractivity contribution >= 4 is 27.5 Å². The summed E-state index contributed by atoms with van der Waals surface area (Å²) in [7, 11) is -3.83. The molecule has 0 saturated heterocycles. The van der Waals surface area contributed by atoms with E-state index in [0.717, 1.165) is 17.5 Å². The lowest BCUT2D eigenvalue weighted by Gasteiger charge is -2.27. The molecule has 6 nitrogen and oxygen atoms in total. The molecule has 0 aliphatic heterocycles. The van der Waals surface area contributed by atoms with E-state index in [0.29, 0.717) is 37.1 Å². The molecule has 0 saturated carbocycles. The van der Waals surface area contributed by atoms with E-state index in [-0.39, 0.29) is 16.2 Å². The molecule has 0 radical (unpaired) electrons. The minimum absolute atomic E-state index is 0.117. The van der Waals surface area contributed by atoms with Gasteiger partial charge in [0.05, 0.1) is 16.1 Å². The number of nitrogens with zero attached hydrogens (tertiary/aromatic N) is 1. The van der Waals surface area contributed by atoms with Crippen LogP contribution >= 0.6 is 0 Å². The van der Waals surface area contributed by atoms with E-state index < -0.39 is 16.0 Å². The van der Waals surface area contributed by atoms with Crippen LogP contribution in [-0.2, 0) is 22.9 Å². The standard InChI is InChI=1S/C27H29NO5S/c1-3-4-19-28(34(32,33)25-17-15-22(16-18-25)20(2)29)26-8-6-5-7-23(26)12-9-21-10-13-24(14-11-21)27(30)31/h5-8,10-11,13-18H,3-4,9,12,19H2,1-2H3,(H,30,31). The number of carboxylic acid groups (broad SMARTS) is 1. The summed E-state index contributed by atoms with van der Waals surface area (Å²) in [4.78, 5) is 22.8. The summed E-state index contributed by atoms with van der Waals surface area (Å²) in [5, 5.41) is 9.09. The molecule has 1 N–H and O–H groups in total. The van der Waals surface area contributed by atoms with E-state index >= 15 is 0 Å². The Balaban J connectivity index is 1.92. The molecule has 0 bridgehead atoms. The molecule has 34 heavy (non-hydrogen) atoms. The second kappa shape index (κ2) is 11.1. The minimum atomic E-state index is -3.83. The predicted molar refractivity (Wildman–Crippen MR) is 133 cm³/mol. The van der Waals surface area contributed by atoms with E-state index in [4.69, 9.17) is 5.11 Å². The highest BCUT2D eigenvalue weighted by Gasteiger charge is 2.26. The number of carboxylic acids is 1. The third-order valence-corrected chi connectivity index (χ3v) is 7.54. The molecule has 0 aliphatic rings. The number of carbonyl (C=O) groups excluding carboxylic acids is 1. The number of carbonyl (C=O) groups is 2. The summed E-state index contributed by atoms with van der Waals surface area (Å²) in [6.07, 6.45) is 2.79. The van der Waals surface area contributed by atoms with Crippen LogP contribution in [0.15, 0.2) is 77.7 Å². The zero-order valence-electron chi connectivity index (χ0n) is 19.4. The monoisotopic (exact) mass is 479 g/mol. The molecular formula is C27H29NO5S. The first-order chi connectivity index (χ1) is 16.2. The van der Waals surface area contributed by atoms with Crippen molar-refractivity contribution in [2.24, 2.45) is 0 Å². The molecule has 178 valence electrons. The van der Waals surface area contributed by atoms with Crippen molar-refractivity contribution in [3.63, 3.8) is 0 Å². The molecule has 0 amide bonds. The summed E-state index contributed by atoms with van der Waals surface area (Å²) >= 11 is 0. The molecule has 3 aromatic carbocycles. The first-order valence-corrected chi connectivity index (χ1v) is 12.7. The second-order valence-corrected chi connectivity index (χ2v) is 10.0. The lowest BCUT2D eigenvalue weighted by molar-refractivity contribution is 0.0696. The lowest BCUT2D eigenvalue weighted by Crippen LogP contribution is -2.33. The number of hydrogen-bond donors (Lipinski definition) is 1. The largest absolute Gasteiger partial charge is 0.478 e. The van der Waals surface area contributed by atoms with Gasteiger partial charge in [-0.3, -0.25) is 9.10 Å². The topological polar surface area (TPSA) is 91.8 Å². The summed E-state index contributed by atoms with van der Waals surface area (Å²) in [5.74, 6) is -1.08. The molecular weight excluding hydrogens is 450 g/mol. The second-order valence-electron chi connectivity index (χ2n) is 8.14. The maximum atomic E-state index is 13.6. The lowest BCUT2D eigenvalue weighted by atomic mass is 10.0. The fourth-order valence-electron chi connectivity index (χ4n) is 3.72. The van der Waals surface area contributed by atoms with Crippen molar-refractivity contribution in [2.45, 2.75) is 44.4 Å². The van der Waals surface area contributed by atoms with Crippen molar-refractivity contribution < 1.29 is 23.1 Å². The van der Waals surface area contributed by atoms with Crippen molar-refractivity contribution in [1.82, 2.24) is 0 Å². The molecule has 0 unspecified atom stereocenters. The maximum Gasteiger partial charge on any atom is 0.335 e. The number of hydrogen-bond acceptors (Lipinski definition) is 4. The Morgan fingerprint density at radius 1 is 0.853 bits per heavy atom. The fraction of sp³-hybridized carbons (Fsp3) is 0.259. The van der Waals surface area contributed by atoms with Crippen LogP contribution in [0.25, 0.3) is 0 Å². The van der Waals surface area contributed by atoms with Gasteiger partial charge in [0.1, 0.15) is 0 Å². The van der Waals surface area contributed by atoms with Gasteiger partial charge < -0.3 is 5.11 Å². The number of Topliss-reactive ketones (excluding diaryl/α,β-unsaturated/α-hetero) is 1. The molecule has 3 rings (SSSR count). The van der Waals surface area contributed by atoms with E-state index in [1.165, 1.54) is 23.4 Å². The molecule has 0 aromatic heterocycles. The van der Waals surface area contributed by atoms with Crippen molar-refractivity contribution in [1.29, 1.82) is 0 Å². The molecule has 3 aromatic rings. The highest BCUT2D eigenvalue weighted by Crippen LogP contribution is 2.29. The summed E-state index contributed by atoms with van der Waals surface area (Å²) in [6, 6.07) is 20.2. The van der Waals surface area contributed by atoms with Gasteiger partial charge in [-0.15, -0.1) is 0 Å². The van der Waals surface area contributed by atoms with Gasteiger partial charge in [-0.25, -0.2) is 13.2 Å². The van der Waals surface area contributed by atoms with E-state index in [1.54, 1.807) is 36.4 Å². The number of benzene rings is 3. The molecule has 7 heteroatoms. The van der Waals surface area contributed by atoms with Gasteiger partial charge in [0.2, 0.25) is 0 Å². The summed E-state index contributed by atoms with van der Waals surface area (Å²) in [6.45, 7) is 3.80. The van der Waals surface area contributed by atoms with Crippen LogP contribution in [0.3, 0.4) is 0 Å². The van der Waals surface area contributed by atoms with Crippen LogP contribution in [0.2, 0.25) is 0 Å². The van der Waals surface area contributed by atoms with Gasteiger partial charge in [-0.05, 0) is 67.6 Å². The zero-order chi connectivity index (χ0) is 24.7. The highest BCUT2D eigenvalue weighted by molar-refractivity contribution is 7.92. The van der Waals surface area contributed by atoms with Crippen LogP contribution in [0.4, 0.5) is 5.69 Å². The number of ketones is 1. The molecule has 0 atom stereocenters. The maximum absolute atomic E-state index is 13.6. The number of aryl methyl sites for hydroxylation is 2. The normalized spacial score (nSPS) is 11.2. The first kappa shape index (κ1) is 25.2. The van der Waals surface area contributed by atoms with Crippen molar-refractivity contribution in [2.75, 3.05) is 10.8 Å². The average molecular weight is 480 g/mol. The molecule has 0 heterocycles. The molecule has 0 fully saturated rings. The zero-order valence-corrected chi connectivity index (χ0v) is 20.2.